The summed E-state index contributed by atoms with van der Waals surface area (Å²) in [6, 6.07) is 12.0. The van der Waals surface area contributed by atoms with E-state index in [9.17, 15) is 24.0 Å². The van der Waals surface area contributed by atoms with Gasteiger partial charge in [0.2, 0.25) is 0 Å². The Morgan fingerprint density at radius 2 is 1.37 bits per heavy atom. The van der Waals surface area contributed by atoms with Crippen molar-refractivity contribution >= 4 is 47.1 Å². The van der Waals surface area contributed by atoms with E-state index in [4.69, 9.17) is 14.7 Å². The Hall–Kier alpha value is -4.54. The Labute approximate surface area is 252 Å². The van der Waals surface area contributed by atoms with Crippen LogP contribution >= 0.6 is 0 Å². The second-order valence-electron chi connectivity index (χ2n) is 10.5. The Balaban J connectivity index is 0.000000300. The molecule has 0 aliphatic carbocycles. The molecule has 2 unspecified atom stereocenters. The SMILES string of the molecule is CCCC(C)(C(=O)OCC)c1ccc(NC(=O)/C=N/O)cc1.CCCC(C)(C(=O)OCC)c1ccc2c(c1)C(=O)C(=O)N2. The van der Waals surface area contributed by atoms with Gasteiger partial charge in [0.05, 0.1) is 35.3 Å². The number of nitrogens with zero attached hydrogens (tertiary/aromatic N) is 1. The number of hydrogen-bond donors (Lipinski definition) is 3. The van der Waals surface area contributed by atoms with Crippen LogP contribution in [0, 0.1) is 0 Å². The molecule has 1 heterocycles. The minimum atomic E-state index is -0.814. The number of ether oxygens (including phenoxy) is 2. The number of nitrogens with one attached hydrogen (secondary N) is 2. The van der Waals surface area contributed by atoms with Crippen molar-refractivity contribution in [3.8, 4) is 0 Å². The summed E-state index contributed by atoms with van der Waals surface area (Å²) >= 11 is 0. The number of amides is 2. The lowest BCUT2D eigenvalue weighted by atomic mass is 9.78. The molecule has 0 saturated heterocycles. The van der Waals surface area contributed by atoms with Gasteiger partial charge >= 0.3 is 11.9 Å². The first-order valence-corrected chi connectivity index (χ1v) is 14.3. The molecule has 3 rings (SSSR count). The molecule has 2 atom stereocenters. The summed E-state index contributed by atoms with van der Waals surface area (Å²) in [5, 5.41) is 16.0. The Bertz CT molecular complexity index is 1350. The summed E-state index contributed by atoms with van der Waals surface area (Å²) in [6.07, 6.45) is 3.71. The highest BCUT2D eigenvalue weighted by atomic mass is 16.5. The Morgan fingerprint density at radius 3 is 1.86 bits per heavy atom. The van der Waals surface area contributed by atoms with Gasteiger partial charge in [-0.1, -0.05) is 50.0 Å². The van der Waals surface area contributed by atoms with Crippen molar-refractivity contribution in [2.45, 2.75) is 78.1 Å². The van der Waals surface area contributed by atoms with Crippen molar-refractivity contribution < 1.29 is 38.7 Å². The van der Waals surface area contributed by atoms with Gasteiger partial charge in [-0.25, -0.2) is 0 Å². The Morgan fingerprint density at radius 1 is 0.860 bits per heavy atom. The summed E-state index contributed by atoms with van der Waals surface area (Å²) in [4.78, 5) is 59.1. The van der Waals surface area contributed by atoms with Crippen LogP contribution in [0.2, 0.25) is 0 Å². The van der Waals surface area contributed by atoms with Gasteiger partial charge in [0.15, 0.2) is 0 Å². The summed E-state index contributed by atoms with van der Waals surface area (Å²) in [6.45, 7) is 11.9. The molecule has 3 N–H and O–H groups in total. The third kappa shape index (κ3) is 8.27. The lowest BCUT2D eigenvalue weighted by molar-refractivity contribution is -0.150. The second kappa shape index (κ2) is 15.6. The van der Waals surface area contributed by atoms with Crippen LogP contribution in [0.4, 0.5) is 11.4 Å². The molecular weight excluding hydrogens is 554 g/mol. The quantitative estimate of drug-likeness (QED) is 0.0998. The molecule has 0 radical (unpaired) electrons. The molecule has 0 saturated carbocycles. The van der Waals surface area contributed by atoms with Gasteiger partial charge < -0.3 is 25.3 Å². The van der Waals surface area contributed by atoms with Crippen LogP contribution < -0.4 is 10.6 Å². The maximum absolute atomic E-state index is 12.3. The first-order valence-electron chi connectivity index (χ1n) is 14.3. The standard InChI is InChI=1S/C16H22N2O4.C16H19NO4/c1-4-10-16(3,15(20)22-5-2)12-6-8-13(9-7-12)18-14(19)11-17-21;1-4-8-16(3,15(20)21-5-2)10-6-7-12-11(9-10)13(18)14(19)17-12/h6-9,11,21H,4-5,10H2,1-3H3,(H,18,19);6-7,9H,4-5,8H2,1-3H3,(H,17,18,19)/b17-11+;. The first-order chi connectivity index (χ1) is 20.4. The predicted octanol–water partition coefficient (Wildman–Crippen LogP) is 5.15. The average Bonchev–Trinajstić information content (AvgIpc) is 3.26. The van der Waals surface area contributed by atoms with Crippen molar-refractivity contribution in [3.63, 3.8) is 0 Å². The second-order valence-corrected chi connectivity index (χ2v) is 10.5. The number of benzene rings is 2. The van der Waals surface area contributed by atoms with Crippen molar-refractivity contribution in [1.82, 2.24) is 0 Å². The van der Waals surface area contributed by atoms with Crippen LogP contribution in [0.1, 0.15) is 88.7 Å². The van der Waals surface area contributed by atoms with E-state index in [0.29, 0.717) is 48.6 Å². The molecule has 0 aromatic heterocycles. The van der Waals surface area contributed by atoms with Gasteiger partial charge in [-0.2, -0.15) is 0 Å². The Kier molecular flexibility index (Phi) is 12.6. The molecule has 2 amide bonds. The van der Waals surface area contributed by atoms with Crippen molar-refractivity contribution in [3.05, 3.63) is 59.2 Å². The summed E-state index contributed by atoms with van der Waals surface area (Å²) in [7, 11) is 0. The molecule has 1 aliphatic rings. The molecule has 0 fully saturated rings. The highest BCUT2D eigenvalue weighted by Gasteiger charge is 2.38. The van der Waals surface area contributed by atoms with E-state index in [0.717, 1.165) is 24.6 Å². The monoisotopic (exact) mass is 595 g/mol. The average molecular weight is 596 g/mol. The van der Waals surface area contributed by atoms with E-state index < -0.39 is 28.4 Å². The molecule has 11 heteroatoms. The lowest BCUT2D eigenvalue weighted by Crippen LogP contribution is -2.34. The van der Waals surface area contributed by atoms with Crippen LogP contribution in [0.3, 0.4) is 0 Å². The summed E-state index contributed by atoms with van der Waals surface area (Å²) in [5.74, 6) is -2.28. The maximum atomic E-state index is 12.3. The normalized spacial score (nSPS) is 14.8. The highest BCUT2D eigenvalue weighted by molar-refractivity contribution is 6.51. The van der Waals surface area contributed by atoms with Gasteiger partial charge in [-0.15, -0.1) is 0 Å². The minimum Gasteiger partial charge on any atom is -0.465 e. The molecule has 0 bridgehead atoms. The molecule has 2 aromatic carbocycles. The van der Waals surface area contributed by atoms with Gasteiger partial charge in [0.25, 0.3) is 17.6 Å². The highest BCUT2D eigenvalue weighted by Crippen LogP contribution is 2.35. The molecule has 232 valence electrons. The van der Waals surface area contributed by atoms with Crippen molar-refractivity contribution in [2.75, 3.05) is 23.8 Å². The van der Waals surface area contributed by atoms with E-state index >= 15 is 0 Å². The van der Waals surface area contributed by atoms with Gasteiger partial charge in [-0.3, -0.25) is 24.0 Å². The lowest BCUT2D eigenvalue weighted by Gasteiger charge is -2.27. The number of Topliss-reactive ketones (excluding diaryl/α,β-unsaturated/α-hetero) is 1. The van der Waals surface area contributed by atoms with E-state index in [-0.39, 0.29) is 11.9 Å². The van der Waals surface area contributed by atoms with Crippen LogP contribution in [0.5, 0.6) is 0 Å². The first kappa shape index (κ1) is 34.7. The summed E-state index contributed by atoms with van der Waals surface area (Å²) in [5.41, 5.74) is 1.39. The summed E-state index contributed by atoms with van der Waals surface area (Å²) < 4.78 is 10.4. The van der Waals surface area contributed by atoms with Crippen molar-refractivity contribution in [2.24, 2.45) is 5.16 Å². The number of oxime groups is 1. The predicted molar refractivity (Wildman–Crippen MR) is 163 cm³/mol. The number of carbonyl (C=O) groups is 5. The van der Waals surface area contributed by atoms with Gasteiger partial charge in [0, 0.05) is 5.69 Å². The van der Waals surface area contributed by atoms with Crippen LogP contribution in [0.15, 0.2) is 47.6 Å². The number of fused-ring (bicyclic) bond motifs is 1. The number of hydrogen-bond acceptors (Lipinski definition) is 9. The molecular formula is C32H41N3O8. The van der Waals surface area contributed by atoms with Crippen molar-refractivity contribution in [1.29, 1.82) is 0 Å². The molecule has 0 spiro atoms. The molecule has 43 heavy (non-hydrogen) atoms. The molecule has 2 aromatic rings. The topological polar surface area (TPSA) is 160 Å². The number of rotatable bonds is 12. The zero-order valence-electron chi connectivity index (χ0n) is 25.6. The zero-order chi connectivity index (χ0) is 32.2. The van der Waals surface area contributed by atoms with E-state index in [1.807, 2.05) is 27.7 Å². The van der Waals surface area contributed by atoms with Crippen LogP contribution in [0.25, 0.3) is 0 Å². The fourth-order valence-corrected chi connectivity index (χ4v) is 4.94. The fourth-order valence-electron chi connectivity index (χ4n) is 4.94. The van der Waals surface area contributed by atoms with Crippen LogP contribution in [-0.4, -0.2) is 54.2 Å². The maximum Gasteiger partial charge on any atom is 0.316 e. The number of ketones is 1. The van der Waals surface area contributed by atoms with E-state index in [1.165, 1.54) is 0 Å². The largest absolute Gasteiger partial charge is 0.465 e. The third-order valence-corrected chi connectivity index (χ3v) is 7.27. The minimum absolute atomic E-state index is 0.249. The fraction of sp³-hybridized carbons (Fsp3) is 0.438. The number of carbonyl (C=O) groups excluding carboxylic acids is 5. The third-order valence-electron chi connectivity index (χ3n) is 7.27. The molecule has 11 nitrogen and oxygen atoms in total. The van der Waals surface area contributed by atoms with E-state index in [1.54, 1.807) is 56.3 Å². The number of anilines is 2. The smallest absolute Gasteiger partial charge is 0.316 e. The van der Waals surface area contributed by atoms with Gasteiger partial charge in [0.1, 0.15) is 6.21 Å². The van der Waals surface area contributed by atoms with Gasteiger partial charge in [-0.05, 0) is 75.9 Å². The number of esters is 2. The zero-order valence-corrected chi connectivity index (χ0v) is 25.6. The van der Waals surface area contributed by atoms with E-state index in [2.05, 4.69) is 15.8 Å². The molecule has 1 aliphatic heterocycles. The van der Waals surface area contributed by atoms with Crippen LogP contribution in [-0.2, 0) is 39.5 Å².